The molecule has 0 saturated carbocycles. The normalized spacial score (nSPS) is 17.4. The van der Waals surface area contributed by atoms with E-state index in [1.165, 1.54) is 0 Å². The molecule has 0 bridgehead atoms. The van der Waals surface area contributed by atoms with E-state index >= 15 is 0 Å². The first-order valence-electron chi connectivity index (χ1n) is 8.74. The fraction of sp³-hybridized carbons (Fsp3) is 0.350. The fourth-order valence-electron chi connectivity index (χ4n) is 3.61. The van der Waals surface area contributed by atoms with E-state index in [0.29, 0.717) is 6.04 Å². The molecule has 3 heterocycles. The van der Waals surface area contributed by atoms with Crippen molar-refractivity contribution in [2.75, 3.05) is 6.54 Å². The maximum atomic E-state index is 13.2. The Labute approximate surface area is 147 Å². The molecule has 2 aromatic heterocycles. The number of carbonyl (C=O) groups excluding carboxylic acids is 1. The average Bonchev–Trinajstić information content (AvgIpc) is 3.21. The Morgan fingerprint density at radius 2 is 2.12 bits per heavy atom. The van der Waals surface area contributed by atoms with Gasteiger partial charge in [-0.3, -0.25) is 9.48 Å². The van der Waals surface area contributed by atoms with Crippen molar-refractivity contribution in [3.63, 3.8) is 0 Å². The van der Waals surface area contributed by atoms with E-state index in [9.17, 15) is 4.79 Å². The molecule has 0 aliphatic carbocycles. The molecule has 5 heteroatoms. The monoisotopic (exact) mass is 334 g/mol. The zero-order chi connectivity index (χ0) is 17.6. The molecule has 128 valence electrons. The van der Waals surface area contributed by atoms with Crippen LogP contribution < -0.4 is 0 Å². The Kier molecular flexibility index (Phi) is 3.79. The highest BCUT2D eigenvalue weighted by molar-refractivity contribution is 6.07. The van der Waals surface area contributed by atoms with E-state index in [2.05, 4.69) is 12.0 Å². The van der Waals surface area contributed by atoms with Gasteiger partial charge in [0.05, 0.1) is 23.0 Å². The first-order chi connectivity index (χ1) is 12.0. The molecule has 4 rings (SSSR count). The summed E-state index contributed by atoms with van der Waals surface area (Å²) < 4.78 is 1.75. The minimum absolute atomic E-state index is 0.103. The van der Waals surface area contributed by atoms with Gasteiger partial charge >= 0.3 is 0 Å². The summed E-state index contributed by atoms with van der Waals surface area (Å²) in [7, 11) is 1.88. The minimum atomic E-state index is 0.103. The number of fused-ring (bicyclic) bond motifs is 1. The Bertz CT molecular complexity index is 959. The molecule has 5 nitrogen and oxygen atoms in total. The quantitative estimate of drug-likeness (QED) is 0.720. The lowest BCUT2D eigenvalue weighted by molar-refractivity contribution is 0.0749. The molecule has 1 saturated heterocycles. The molecular weight excluding hydrogens is 312 g/mol. The number of benzene rings is 1. The van der Waals surface area contributed by atoms with Crippen LogP contribution in [0.4, 0.5) is 0 Å². The zero-order valence-electron chi connectivity index (χ0n) is 14.9. The van der Waals surface area contributed by atoms with Crippen molar-refractivity contribution in [1.82, 2.24) is 19.7 Å². The number of aromatic nitrogens is 3. The van der Waals surface area contributed by atoms with Crippen molar-refractivity contribution in [1.29, 1.82) is 0 Å². The Hall–Kier alpha value is -2.69. The van der Waals surface area contributed by atoms with Crippen LogP contribution in [-0.4, -0.2) is 38.2 Å². The summed E-state index contributed by atoms with van der Waals surface area (Å²) in [6.45, 7) is 5.00. The molecule has 1 fully saturated rings. The van der Waals surface area contributed by atoms with Gasteiger partial charge in [0, 0.05) is 36.8 Å². The molecule has 1 aromatic carbocycles. The van der Waals surface area contributed by atoms with Crippen molar-refractivity contribution in [2.45, 2.75) is 32.7 Å². The number of nitrogens with zero attached hydrogens (tertiary/aromatic N) is 4. The molecule has 0 radical (unpaired) electrons. The van der Waals surface area contributed by atoms with E-state index in [-0.39, 0.29) is 5.91 Å². The molecule has 0 N–H and O–H groups in total. The second-order valence-corrected chi connectivity index (χ2v) is 6.97. The lowest BCUT2D eigenvalue weighted by Gasteiger charge is -2.22. The minimum Gasteiger partial charge on any atom is -0.336 e. The van der Waals surface area contributed by atoms with Crippen molar-refractivity contribution in [3.05, 3.63) is 47.8 Å². The van der Waals surface area contributed by atoms with Crippen molar-refractivity contribution >= 4 is 16.8 Å². The van der Waals surface area contributed by atoms with E-state index in [1.54, 1.807) is 10.9 Å². The maximum Gasteiger partial charge on any atom is 0.254 e. The summed E-state index contributed by atoms with van der Waals surface area (Å²) in [5.74, 6) is 0.103. The largest absolute Gasteiger partial charge is 0.336 e. The Balaban J connectivity index is 1.90. The van der Waals surface area contributed by atoms with Crippen LogP contribution in [-0.2, 0) is 7.05 Å². The zero-order valence-corrected chi connectivity index (χ0v) is 14.9. The van der Waals surface area contributed by atoms with Gasteiger partial charge < -0.3 is 4.90 Å². The Morgan fingerprint density at radius 3 is 2.80 bits per heavy atom. The van der Waals surface area contributed by atoms with Gasteiger partial charge in [0.1, 0.15) is 0 Å². The summed E-state index contributed by atoms with van der Waals surface area (Å²) in [5, 5.41) is 5.15. The topological polar surface area (TPSA) is 51.0 Å². The predicted octanol–water partition coefficient (Wildman–Crippen LogP) is 3.57. The van der Waals surface area contributed by atoms with E-state index in [1.807, 2.05) is 49.3 Å². The van der Waals surface area contributed by atoms with Gasteiger partial charge in [-0.15, -0.1) is 0 Å². The third kappa shape index (κ3) is 2.80. The Morgan fingerprint density at radius 1 is 1.28 bits per heavy atom. The third-order valence-electron chi connectivity index (χ3n) is 5.01. The first kappa shape index (κ1) is 15.8. The van der Waals surface area contributed by atoms with Crippen molar-refractivity contribution in [3.8, 4) is 11.3 Å². The second kappa shape index (κ2) is 5.99. The molecule has 3 aromatic rings. The first-order valence-corrected chi connectivity index (χ1v) is 8.74. The highest BCUT2D eigenvalue weighted by Crippen LogP contribution is 2.28. The molecule has 0 spiro atoms. The van der Waals surface area contributed by atoms with Gasteiger partial charge in [-0.25, -0.2) is 4.98 Å². The van der Waals surface area contributed by atoms with Crippen LogP contribution >= 0.6 is 0 Å². The standard InChI is InChI=1S/C20H22N4O/c1-13-6-7-16-17(20(25)24-8-4-5-14(24)2)10-18(22-19(16)9-13)15-11-21-23(3)12-15/h6-7,9-12,14H,4-5,8H2,1-3H3. The van der Waals surface area contributed by atoms with Gasteiger partial charge in [-0.05, 0) is 44.4 Å². The van der Waals surface area contributed by atoms with E-state index < -0.39 is 0 Å². The van der Waals surface area contributed by atoms with Crippen molar-refractivity contribution < 1.29 is 4.79 Å². The number of hydrogen-bond acceptors (Lipinski definition) is 3. The van der Waals surface area contributed by atoms with Crippen LogP contribution in [0, 0.1) is 6.92 Å². The fourth-order valence-corrected chi connectivity index (χ4v) is 3.61. The van der Waals surface area contributed by atoms with Crippen LogP contribution in [0.3, 0.4) is 0 Å². The highest BCUT2D eigenvalue weighted by atomic mass is 16.2. The van der Waals surface area contributed by atoms with Crippen molar-refractivity contribution in [2.24, 2.45) is 7.05 Å². The predicted molar refractivity (Wildman–Crippen MR) is 98.4 cm³/mol. The van der Waals surface area contributed by atoms with Crippen LogP contribution in [0.15, 0.2) is 36.7 Å². The summed E-state index contributed by atoms with van der Waals surface area (Å²) in [5.41, 5.74) is 4.45. The summed E-state index contributed by atoms with van der Waals surface area (Å²) in [6.07, 6.45) is 5.86. The number of hydrogen-bond donors (Lipinski definition) is 0. The molecule has 25 heavy (non-hydrogen) atoms. The number of carbonyl (C=O) groups is 1. The molecule has 1 unspecified atom stereocenters. The van der Waals surface area contributed by atoms with Gasteiger partial charge in [-0.2, -0.15) is 5.10 Å². The molecule has 1 atom stereocenters. The van der Waals surface area contributed by atoms with E-state index in [4.69, 9.17) is 4.98 Å². The van der Waals surface area contributed by atoms with Gasteiger partial charge in [-0.1, -0.05) is 12.1 Å². The maximum absolute atomic E-state index is 13.2. The average molecular weight is 334 g/mol. The van der Waals surface area contributed by atoms with Crippen LogP contribution in [0.5, 0.6) is 0 Å². The van der Waals surface area contributed by atoms with Gasteiger partial charge in [0.2, 0.25) is 0 Å². The highest BCUT2D eigenvalue weighted by Gasteiger charge is 2.27. The lowest BCUT2D eigenvalue weighted by Crippen LogP contribution is -2.33. The molecule has 1 aliphatic heterocycles. The van der Waals surface area contributed by atoms with Crippen LogP contribution in [0.2, 0.25) is 0 Å². The smallest absolute Gasteiger partial charge is 0.254 e. The summed E-state index contributed by atoms with van der Waals surface area (Å²) >= 11 is 0. The number of aryl methyl sites for hydroxylation is 2. The van der Waals surface area contributed by atoms with E-state index in [0.717, 1.165) is 52.7 Å². The lowest BCUT2D eigenvalue weighted by atomic mass is 10.0. The molecular formula is C20H22N4O. The number of likely N-dealkylation sites (tertiary alicyclic amines) is 1. The number of rotatable bonds is 2. The number of pyridine rings is 1. The molecule has 1 amide bonds. The SMILES string of the molecule is Cc1ccc2c(C(=O)N3CCCC3C)cc(-c3cnn(C)c3)nc2c1. The van der Waals surface area contributed by atoms with Gasteiger partial charge in [0.25, 0.3) is 5.91 Å². The van der Waals surface area contributed by atoms with Crippen LogP contribution in [0.25, 0.3) is 22.2 Å². The van der Waals surface area contributed by atoms with Crippen LogP contribution in [0.1, 0.15) is 35.7 Å². The molecule has 1 aliphatic rings. The number of amides is 1. The second-order valence-electron chi connectivity index (χ2n) is 6.97. The third-order valence-corrected chi connectivity index (χ3v) is 5.01. The summed E-state index contributed by atoms with van der Waals surface area (Å²) in [4.78, 5) is 20.0. The summed E-state index contributed by atoms with van der Waals surface area (Å²) in [6, 6.07) is 8.31. The van der Waals surface area contributed by atoms with Gasteiger partial charge in [0.15, 0.2) is 0 Å².